The summed E-state index contributed by atoms with van der Waals surface area (Å²) in [6, 6.07) is -1.01. The smallest absolute Gasteiger partial charge is 0.220 e. The fourth-order valence-electron chi connectivity index (χ4n) is 12.1. The van der Waals surface area contributed by atoms with Crippen LogP contribution in [0.25, 0.3) is 0 Å². The Hall–Kier alpha value is -3.29. The van der Waals surface area contributed by atoms with Gasteiger partial charge in [-0.25, -0.2) is 0 Å². The van der Waals surface area contributed by atoms with Crippen molar-refractivity contribution in [1.82, 2.24) is 5.32 Å². The number of ether oxygens (including phenoxy) is 6. The molecule has 19 heteroatoms. The van der Waals surface area contributed by atoms with E-state index in [1.165, 1.54) is 128 Å². The molecule has 3 rings (SSSR count). The Balaban J connectivity index is 1.44. The van der Waals surface area contributed by atoms with Crippen molar-refractivity contribution in [1.29, 1.82) is 0 Å². The van der Waals surface area contributed by atoms with Crippen LogP contribution in [0.3, 0.4) is 0 Å². The minimum atomic E-state index is -1.99. The number of rotatable bonds is 57. The molecule has 12 N–H and O–H groups in total. The Morgan fingerprint density at radius 3 is 1.17 bits per heavy atom. The molecule has 554 valence electrons. The van der Waals surface area contributed by atoms with Crippen LogP contribution in [0.15, 0.2) is 97.2 Å². The first kappa shape index (κ1) is 86.9. The van der Waals surface area contributed by atoms with Crippen LogP contribution < -0.4 is 5.32 Å². The standard InChI is InChI=1S/C77H133NO18/c1-3-5-7-9-11-13-15-17-19-21-23-25-27-29-31-32-34-36-38-40-42-44-46-48-50-52-54-61(82)60(78-65(83)55-53-51-49-47-45-43-41-39-37-35-33-30-28-26-24-22-20-18-16-14-12-10-8-6-4-2)59-91-75-71(89)68(86)73(63(57-80)93-75)96-77-72(90)69(87)74(64(58-81)94-77)95-76-70(88)67(85)66(84)62(56-79)92-76/h6,8,12,14,18,20,24,26,30,33,36,38,44,46,52,54,60-64,66-77,79-82,84-90H,3-5,7,9-11,13,15-17,19,21-23,25,27-29,31-32,34-35,37,39-43,45,47-51,53,55-59H2,1-2H3,(H,78,83)/b8-6-,14-12-,20-18-,26-24-,33-30-,38-36+,46-44+,54-52+. The Bertz CT molecular complexity index is 2110. The fourth-order valence-corrected chi connectivity index (χ4v) is 12.1. The number of carbonyl (C=O) groups excluding carboxylic acids is 1. The third-order valence-electron chi connectivity index (χ3n) is 18.1. The minimum Gasteiger partial charge on any atom is -0.394 e. The maximum atomic E-state index is 13.4. The van der Waals surface area contributed by atoms with Crippen LogP contribution >= 0.6 is 0 Å². The molecule has 3 saturated heterocycles. The van der Waals surface area contributed by atoms with Crippen LogP contribution in [0, 0.1) is 0 Å². The van der Waals surface area contributed by atoms with Gasteiger partial charge in [0.05, 0.1) is 38.6 Å². The van der Waals surface area contributed by atoms with E-state index < -0.39 is 124 Å². The molecule has 0 aromatic rings. The van der Waals surface area contributed by atoms with Gasteiger partial charge in [0.1, 0.15) is 73.2 Å². The Kier molecular flexibility index (Phi) is 51.9. The van der Waals surface area contributed by atoms with Gasteiger partial charge in [0, 0.05) is 6.42 Å². The third-order valence-corrected chi connectivity index (χ3v) is 18.1. The second-order valence-corrected chi connectivity index (χ2v) is 26.4. The normalized spacial score (nSPS) is 27.6. The molecule has 3 aliphatic rings. The zero-order valence-corrected chi connectivity index (χ0v) is 58.8. The van der Waals surface area contributed by atoms with Crippen molar-refractivity contribution in [2.75, 3.05) is 26.4 Å². The quantitative estimate of drug-likeness (QED) is 0.0199. The van der Waals surface area contributed by atoms with E-state index in [2.05, 4.69) is 104 Å². The van der Waals surface area contributed by atoms with Gasteiger partial charge in [0.25, 0.3) is 0 Å². The molecular formula is C77H133NO18. The predicted molar refractivity (Wildman–Crippen MR) is 378 cm³/mol. The molecule has 3 heterocycles. The highest BCUT2D eigenvalue weighted by atomic mass is 16.8. The Morgan fingerprint density at radius 2 is 0.729 bits per heavy atom. The number of aliphatic hydroxyl groups excluding tert-OH is 11. The van der Waals surface area contributed by atoms with E-state index in [9.17, 15) is 61.0 Å². The summed E-state index contributed by atoms with van der Waals surface area (Å²) in [4.78, 5) is 13.4. The molecule has 0 bridgehead atoms. The molecule has 17 unspecified atom stereocenters. The lowest BCUT2D eigenvalue weighted by molar-refractivity contribution is -0.379. The van der Waals surface area contributed by atoms with E-state index >= 15 is 0 Å². The van der Waals surface area contributed by atoms with Crippen molar-refractivity contribution in [2.24, 2.45) is 0 Å². The summed E-state index contributed by atoms with van der Waals surface area (Å²) in [6.45, 7) is 1.60. The van der Waals surface area contributed by atoms with E-state index in [1.54, 1.807) is 6.08 Å². The Morgan fingerprint density at radius 1 is 0.385 bits per heavy atom. The largest absolute Gasteiger partial charge is 0.394 e. The summed E-state index contributed by atoms with van der Waals surface area (Å²) in [5.41, 5.74) is 0. The first-order valence-corrected chi connectivity index (χ1v) is 37.5. The average molecular weight is 1360 g/mol. The minimum absolute atomic E-state index is 0.219. The van der Waals surface area contributed by atoms with E-state index in [-0.39, 0.29) is 18.9 Å². The van der Waals surface area contributed by atoms with Crippen LogP contribution in [0.1, 0.15) is 251 Å². The van der Waals surface area contributed by atoms with Crippen LogP contribution in [0.4, 0.5) is 0 Å². The zero-order chi connectivity index (χ0) is 69.6. The molecule has 19 nitrogen and oxygen atoms in total. The number of unbranched alkanes of at least 4 members (excludes halogenated alkanes) is 27. The van der Waals surface area contributed by atoms with Gasteiger partial charge in [-0.3, -0.25) is 4.79 Å². The second kappa shape index (κ2) is 57.3. The van der Waals surface area contributed by atoms with Gasteiger partial charge in [0.2, 0.25) is 5.91 Å². The highest BCUT2D eigenvalue weighted by Crippen LogP contribution is 2.33. The fraction of sp³-hybridized carbons (Fsp3) is 0.779. The summed E-state index contributed by atoms with van der Waals surface area (Å²) in [5, 5.41) is 121. The second-order valence-electron chi connectivity index (χ2n) is 26.4. The lowest BCUT2D eigenvalue weighted by Gasteiger charge is -2.48. The van der Waals surface area contributed by atoms with Gasteiger partial charge < -0.3 is 89.9 Å². The molecule has 0 aromatic carbocycles. The molecule has 0 saturated carbocycles. The van der Waals surface area contributed by atoms with Crippen molar-refractivity contribution in [3.8, 4) is 0 Å². The highest BCUT2D eigenvalue weighted by Gasteiger charge is 2.53. The topological polar surface area (TPSA) is 307 Å². The molecule has 0 radical (unpaired) electrons. The number of hydrogen-bond acceptors (Lipinski definition) is 18. The van der Waals surface area contributed by atoms with E-state index in [1.807, 2.05) is 6.08 Å². The van der Waals surface area contributed by atoms with Crippen molar-refractivity contribution in [2.45, 2.75) is 356 Å². The summed E-state index contributed by atoms with van der Waals surface area (Å²) < 4.78 is 34.4. The highest BCUT2D eigenvalue weighted by molar-refractivity contribution is 5.76. The van der Waals surface area contributed by atoms with E-state index in [4.69, 9.17) is 28.4 Å². The lowest BCUT2D eigenvalue weighted by atomic mass is 9.96. The van der Waals surface area contributed by atoms with Gasteiger partial charge in [-0.2, -0.15) is 0 Å². The number of allylic oxidation sites excluding steroid dienone is 15. The summed E-state index contributed by atoms with van der Waals surface area (Å²) in [7, 11) is 0. The van der Waals surface area contributed by atoms with Crippen molar-refractivity contribution in [3.05, 3.63) is 97.2 Å². The first-order valence-electron chi connectivity index (χ1n) is 37.5. The summed E-state index contributed by atoms with van der Waals surface area (Å²) in [5.74, 6) is -0.298. The van der Waals surface area contributed by atoms with Gasteiger partial charge in [-0.15, -0.1) is 0 Å². The molecule has 3 fully saturated rings. The molecular weight excluding hydrogens is 1230 g/mol. The van der Waals surface area contributed by atoms with Crippen LogP contribution in [0.5, 0.6) is 0 Å². The molecule has 1 amide bonds. The van der Waals surface area contributed by atoms with Crippen LogP contribution in [0.2, 0.25) is 0 Å². The van der Waals surface area contributed by atoms with Crippen LogP contribution in [-0.4, -0.2) is 193 Å². The van der Waals surface area contributed by atoms with Gasteiger partial charge >= 0.3 is 0 Å². The maximum Gasteiger partial charge on any atom is 0.220 e. The zero-order valence-electron chi connectivity index (χ0n) is 58.8. The predicted octanol–water partition coefficient (Wildman–Crippen LogP) is 11.2. The maximum absolute atomic E-state index is 13.4. The van der Waals surface area contributed by atoms with Gasteiger partial charge in [-0.1, -0.05) is 252 Å². The first-order chi connectivity index (χ1) is 46.8. The van der Waals surface area contributed by atoms with Crippen molar-refractivity contribution < 1.29 is 89.4 Å². The summed E-state index contributed by atoms with van der Waals surface area (Å²) in [6.07, 6.45) is 49.5. The SMILES string of the molecule is CC/C=C\C/C=C\C/C=C\C/C=C\C/C=C\CCCCCCCCCCCC(=O)NC(COC1OC(CO)C(OC2OC(CO)C(OC3OC(CO)C(O)C(O)C3O)C(O)C2O)C(O)C1O)C(O)/C=C/CC/C=C/CC/C=C/CCCCCCCCCCCCCCCCCC. The van der Waals surface area contributed by atoms with Crippen molar-refractivity contribution >= 4 is 5.91 Å². The molecule has 0 spiro atoms. The summed E-state index contributed by atoms with van der Waals surface area (Å²) >= 11 is 0. The number of nitrogens with one attached hydrogen (secondary N) is 1. The third kappa shape index (κ3) is 37.9. The van der Waals surface area contributed by atoms with Crippen molar-refractivity contribution in [3.63, 3.8) is 0 Å². The number of hydrogen-bond donors (Lipinski definition) is 12. The van der Waals surface area contributed by atoms with E-state index in [0.717, 1.165) is 89.9 Å². The van der Waals surface area contributed by atoms with Gasteiger partial charge in [-0.05, 0) is 89.9 Å². The Labute approximate surface area is 577 Å². The number of aliphatic hydroxyl groups is 11. The molecule has 96 heavy (non-hydrogen) atoms. The molecule has 3 aliphatic heterocycles. The van der Waals surface area contributed by atoms with E-state index in [0.29, 0.717) is 12.8 Å². The van der Waals surface area contributed by atoms with Crippen LogP contribution in [-0.2, 0) is 33.2 Å². The molecule has 0 aliphatic carbocycles. The average Bonchev–Trinajstić information content (AvgIpc) is 0.788. The number of carbonyl (C=O) groups is 1. The molecule has 17 atom stereocenters. The molecule has 0 aromatic heterocycles. The van der Waals surface area contributed by atoms with Gasteiger partial charge in [0.15, 0.2) is 18.9 Å². The monoisotopic (exact) mass is 1360 g/mol. The number of amides is 1. The lowest BCUT2D eigenvalue weighted by Crippen LogP contribution is -2.66.